The Bertz CT molecular complexity index is 276. The largest absolute Gasteiger partial charge is 0.368 e. The number of hydrogen-bond donors (Lipinski definition) is 2. The van der Waals surface area contributed by atoms with Gasteiger partial charge >= 0.3 is 0 Å². The molecule has 4 nitrogen and oxygen atoms in total. The van der Waals surface area contributed by atoms with E-state index in [0.29, 0.717) is 12.0 Å². The highest BCUT2D eigenvalue weighted by Crippen LogP contribution is 2.21. The van der Waals surface area contributed by atoms with Gasteiger partial charge in [-0.2, -0.15) is 0 Å². The van der Waals surface area contributed by atoms with Gasteiger partial charge in [-0.05, 0) is 59.0 Å². The number of nitrogens with one attached hydrogen (secondary N) is 1. The van der Waals surface area contributed by atoms with Gasteiger partial charge in [-0.25, -0.2) is 0 Å². The molecule has 1 fully saturated rings. The number of likely N-dealkylation sites (tertiary alicyclic amines) is 1. The van der Waals surface area contributed by atoms with E-state index in [1.165, 1.54) is 32.4 Å². The molecule has 0 aromatic carbocycles. The first-order chi connectivity index (χ1) is 8.36. The minimum atomic E-state index is -0.619. The molecule has 1 aliphatic rings. The second-order valence-electron chi connectivity index (χ2n) is 6.13. The first kappa shape index (κ1) is 15.4. The Morgan fingerprint density at radius 3 is 2.78 bits per heavy atom. The second-order valence-corrected chi connectivity index (χ2v) is 6.13. The summed E-state index contributed by atoms with van der Waals surface area (Å²) < 4.78 is 0. The van der Waals surface area contributed by atoms with Crippen molar-refractivity contribution in [2.75, 3.05) is 19.6 Å². The third kappa shape index (κ3) is 4.25. The van der Waals surface area contributed by atoms with E-state index in [1.54, 1.807) is 0 Å². The molecule has 4 heteroatoms. The number of rotatable bonds is 6. The van der Waals surface area contributed by atoms with Crippen LogP contribution in [-0.2, 0) is 4.79 Å². The predicted octanol–water partition coefficient (Wildman–Crippen LogP) is 1.35. The number of piperidine rings is 1. The minimum Gasteiger partial charge on any atom is -0.368 e. The summed E-state index contributed by atoms with van der Waals surface area (Å²) in [6.07, 6.45) is 3.71. The van der Waals surface area contributed by atoms with Crippen LogP contribution in [0, 0.1) is 5.92 Å². The normalized spacial score (nSPS) is 23.9. The summed E-state index contributed by atoms with van der Waals surface area (Å²) in [4.78, 5) is 13.9. The maximum Gasteiger partial charge on any atom is 0.237 e. The maximum atomic E-state index is 11.4. The molecular weight excluding hydrogens is 226 g/mol. The maximum absolute atomic E-state index is 11.4. The van der Waals surface area contributed by atoms with Gasteiger partial charge in [0.05, 0.1) is 5.54 Å². The van der Waals surface area contributed by atoms with Crippen molar-refractivity contribution in [2.24, 2.45) is 11.7 Å². The zero-order chi connectivity index (χ0) is 13.8. The summed E-state index contributed by atoms with van der Waals surface area (Å²) in [6.45, 7) is 11.7. The number of carbonyl (C=O) groups excluding carboxylic acids is 1. The average molecular weight is 255 g/mol. The number of hydrogen-bond acceptors (Lipinski definition) is 3. The van der Waals surface area contributed by atoms with Crippen molar-refractivity contribution in [1.82, 2.24) is 10.2 Å². The second kappa shape index (κ2) is 6.53. The molecule has 1 rings (SSSR count). The van der Waals surface area contributed by atoms with Gasteiger partial charge in [0.1, 0.15) is 0 Å². The van der Waals surface area contributed by atoms with Crippen molar-refractivity contribution in [3.05, 3.63) is 0 Å². The summed E-state index contributed by atoms with van der Waals surface area (Å²) in [7, 11) is 0. The van der Waals surface area contributed by atoms with Crippen molar-refractivity contribution in [1.29, 1.82) is 0 Å². The zero-order valence-corrected chi connectivity index (χ0v) is 12.3. The van der Waals surface area contributed by atoms with Gasteiger partial charge in [0, 0.05) is 12.6 Å². The lowest BCUT2D eigenvalue weighted by Crippen LogP contribution is -2.57. The number of nitrogens with zero attached hydrogens (tertiary/aromatic N) is 1. The third-order valence-electron chi connectivity index (χ3n) is 3.99. The van der Waals surface area contributed by atoms with Crippen LogP contribution in [0.1, 0.15) is 47.0 Å². The Morgan fingerprint density at radius 1 is 1.56 bits per heavy atom. The molecule has 0 aromatic heterocycles. The van der Waals surface area contributed by atoms with Gasteiger partial charge in [0.15, 0.2) is 0 Å². The van der Waals surface area contributed by atoms with Crippen molar-refractivity contribution in [3.63, 3.8) is 0 Å². The van der Waals surface area contributed by atoms with Crippen molar-refractivity contribution >= 4 is 5.91 Å². The predicted molar refractivity (Wildman–Crippen MR) is 75.3 cm³/mol. The molecule has 1 amide bonds. The van der Waals surface area contributed by atoms with Gasteiger partial charge in [0.2, 0.25) is 5.91 Å². The van der Waals surface area contributed by atoms with Gasteiger partial charge < -0.3 is 16.0 Å². The Balaban J connectivity index is 2.50. The molecule has 18 heavy (non-hydrogen) atoms. The van der Waals surface area contributed by atoms with Crippen LogP contribution >= 0.6 is 0 Å². The third-order valence-corrected chi connectivity index (χ3v) is 3.99. The minimum absolute atomic E-state index is 0.282. The average Bonchev–Trinajstić information content (AvgIpc) is 2.29. The Labute approximate surface area is 111 Å². The van der Waals surface area contributed by atoms with Gasteiger partial charge in [-0.1, -0.05) is 6.92 Å². The molecule has 0 spiro atoms. The molecule has 1 saturated heterocycles. The van der Waals surface area contributed by atoms with Gasteiger partial charge in [0.25, 0.3) is 0 Å². The van der Waals surface area contributed by atoms with Crippen LogP contribution in [0.25, 0.3) is 0 Å². The molecule has 106 valence electrons. The van der Waals surface area contributed by atoms with Crippen LogP contribution in [0.15, 0.2) is 0 Å². The van der Waals surface area contributed by atoms with Crippen LogP contribution in [0.2, 0.25) is 0 Å². The highest BCUT2D eigenvalue weighted by molar-refractivity contribution is 5.83. The Kier molecular flexibility index (Phi) is 5.60. The van der Waals surface area contributed by atoms with Gasteiger partial charge in [-0.3, -0.25) is 4.79 Å². The fourth-order valence-electron chi connectivity index (χ4n) is 2.78. The number of primary amides is 1. The molecule has 0 aromatic rings. The van der Waals surface area contributed by atoms with E-state index in [-0.39, 0.29) is 5.91 Å². The molecule has 1 heterocycles. The topological polar surface area (TPSA) is 58.4 Å². The van der Waals surface area contributed by atoms with Crippen molar-refractivity contribution < 1.29 is 4.79 Å². The number of carbonyl (C=O) groups is 1. The van der Waals surface area contributed by atoms with E-state index in [2.05, 4.69) is 24.1 Å². The number of amides is 1. The zero-order valence-electron chi connectivity index (χ0n) is 12.3. The van der Waals surface area contributed by atoms with Crippen LogP contribution in [0.3, 0.4) is 0 Å². The van der Waals surface area contributed by atoms with Gasteiger partial charge in [-0.15, -0.1) is 0 Å². The lowest BCUT2D eigenvalue weighted by atomic mass is 9.89. The van der Waals surface area contributed by atoms with E-state index < -0.39 is 5.54 Å². The molecule has 0 bridgehead atoms. The first-order valence-corrected chi connectivity index (χ1v) is 7.16. The molecule has 0 radical (unpaired) electrons. The summed E-state index contributed by atoms with van der Waals surface area (Å²) in [5.74, 6) is 0.333. The lowest BCUT2D eigenvalue weighted by Gasteiger charge is -2.38. The summed E-state index contributed by atoms with van der Waals surface area (Å²) in [5.41, 5.74) is 4.79. The van der Waals surface area contributed by atoms with Crippen LogP contribution in [0.4, 0.5) is 0 Å². The lowest BCUT2D eigenvalue weighted by molar-refractivity contribution is -0.123. The standard InChI is InChI=1S/C14H29N3O/c1-5-8-17-9-6-7-12(10-17)11(2)16-14(3,4)13(15)18/h11-12,16H,5-10H2,1-4H3,(H2,15,18). The fourth-order valence-corrected chi connectivity index (χ4v) is 2.78. The molecular formula is C14H29N3O. The molecule has 0 saturated carbocycles. The SMILES string of the molecule is CCCN1CCCC(C(C)NC(C)(C)C(N)=O)C1. The van der Waals surface area contributed by atoms with E-state index in [4.69, 9.17) is 5.73 Å². The first-order valence-electron chi connectivity index (χ1n) is 7.16. The fraction of sp³-hybridized carbons (Fsp3) is 0.929. The molecule has 3 N–H and O–H groups in total. The monoisotopic (exact) mass is 255 g/mol. The molecule has 1 aliphatic heterocycles. The Hall–Kier alpha value is -0.610. The highest BCUT2D eigenvalue weighted by Gasteiger charge is 2.31. The summed E-state index contributed by atoms with van der Waals surface area (Å²) >= 11 is 0. The van der Waals surface area contributed by atoms with Crippen LogP contribution in [-0.4, -0.2) is 42.0 Å². The van der Waals surface area contributed by atoms with E-state index in [1.807, 2.05) is 13.8 Å². The van der Waals surface area contributed by atoms with Crippen molar-refractivity contribution in [2.45, 2.75) is 58.5 Å². The summed E-state index contributed by atoms with van der Waals surface area (Å²) in [6, 6.07) is 0.326. The molecule has 2 atom stereocenters. The highest BCUT2D eigenvalue weighted by atomic mass is 16.1. The van der Waals surface area contributed by atoms with E-state index >= 15 is 0 Å². The quantitative estimate of drug-likeness (QED) is 0.753. The summed E-state index contributed by atoms with van der Waals surface area (Å²) in [5, 5.41) is 3.39. The van der Waals surface area contributed by atoms with Crippen molar-refractivity contribution in [3.8, 4) is 0 Å². The molecule has 2 unspecified atom stereocenters. The van der Waals surface area contributed by atoms with E-state index in [0.717, 1.165) is 6.54 Å². The van der Waals surface area contributed by atoms with Crippen LogP contribution in [0.5, 0.6) is 0 Å². The van der Waals surface area contributed by atoms with Crippen LogP contribution < -0.4 is 11.1 Å². The smallest absolute Gasteiger partial charge is 0.237 e. The van der Waals surface area contributed by atoms with E-state index in [9.17, 15) is 4.79 Å². The number of nitrogens with two attached hydrogens (primary N) is 1. The molecule has 0 aliphatic carbocycles. The Morgan fingerprint density at radius 2 is 2.22 bits per heavy atom.